The maximum absolute atomic E-state index is 5.74. The molecule has 0 aromatic carbocycles. The molecule has 1 aliphatic rings. The van der Waals surface area contributed by atoms with Gasteiger partial charge in [-0.05, 0) is 25.0 Å². The molecule has 1 aliphatic heterocycles. The van der Waals surface area contributed by atoms with Crippen LogP contribution in [0, 0.1) is 5.92 Å². The Labute approximate surface area is 106 Å². The second-order valence-corrected chi connectivity index (χ2v) is 4.75. The van der Waals surface area contributed by atoms with Crippen molar-refractivity contribution in [2.75, 3.05) is 13.2 Å². The molecule has 3 rings (SSSR count). The summed E-state index contributed by atoms with van der Waals surface area (Å²) in [5.41, 5.74) is 5.18. The first kappa shape index (κ1) is 11.6. The third kappa shape index (κ3) is 2.01. The molecule has 0 amide bonds. The third-order valence-corrected chi connectivity index (χ3v) is 3.64. The Hall–Kier alpha value is -1.43. The van der Waals surface area contributed by atoms with E-state index in [0.717, 1.165) is 37.1 Å². The van der Waals surface area contributed by atoms with Crippen molar-refractivity contribution >= 4 is 5.52 Å². The Balaban J connectivity index is 1.95. The zero-order valence-electron chi connectivity index (χ0n) is 10.2. The minimum atomic E-state index is 0.102. The molecule has 0 radical (unpaired) electrons. The second-order valence-electron chi connectivity index (χ2n) is 4.75. The van der Waals surface area contributed by atoms with E-state index >= 15 is 0 Å². The highest BCUT2D eigenvalue weighted by atomic mass is 16.5. The number of hydrogen-bond acceptors (Lipinski definition) is 4. The molecule has 2 aromatic rings. The highest BCUT2D eigenvalue weighted by Gasteiger charge is 2.26. The van der Waals surface area contributed by atoms with E-state index in [-0.39, 0.29) is 6.04 Å². The minimum absolute atomic E-state index is 0.102. The van der Waals surface area contributed by atoms with Crippen LogP contribution < -0.4 is 11.3 Å². The van der Waals surface area contributed by atoms with Gasteiger partial charge in [0.1, 0.15) is 0 Å². The maximum Gasteiger partial charge on any atom is 0.0710 e. The van der Waals surface area contributed by atoms with Gasteiger partial charge in [0.2, 0.25) is 0 Å². The molecule has 0 aliphatic carbocycles. The van der Waals surface area contributed by atoms with E-state index in [1.165, 1.54) is 0 Å². The SMILES string of the molecule is NNC(c1cnn2ccccc12)C1CCCOC1. The van der Waals surface area contributed by atoms with Crippen LogP contribution >= 0.6 is 0 Å². The molecular weight excluding hydrogens is 228 g/mol. The lowest BCUT2D eigenvalue weighted by Gasteiger charge is -2.29. The second kappa shape index (κ2) is 5.06. The predicted molar refractivity (Wildman–Crippen MR) is 68.8 cm³/mol. The van der Waals surface area contributed by atoms with Crippen LogP contribution in [0.5, 0.6) is 0 Å². The summed E-state index contributed by atoms with van der Waals surface area (Å²) in [5, 5.41) is 4.36. The normalized spacial score (nSPS) is 22.2. The Morgan fingerprint density at radius 3 is 3.22 bits per heavy atom. The van der Waals surface area contributed by atoms with Crippen LogP contribution in [0.1, 0.15) is 24.4 Å². The Morgan fingerprint density at radius 2 is 2.44 bits per heavy atom. The molecule has 0 spiro atoms. The van der Waals surface area contributed by atoms with Gasteiger partial charge < -0.3 is 4.74 Å². The fraction of sp³-hybridized carbons (Fsp3) is 0.462. The molecule has 1 saturated heterocycles. The molecule has 2 aromatic heterocycles. The largest absolute Gasteiger partial charge is 0.381 e. The van der Waals surface area contributed by atoms with Gasteiger partial charge in [-0.15, -0.1) is 0 Å². The summed E-state index contributed by atoms with van der Waals surface area (Å²) in [6.07, 6.45) is 6.08. The van der Waals surface area contributed by atoms with E-state index in [4.69, 9.17) is 10.6 Å². The molecule has 2 unspecified atom stereocenters. The first-order chi connectivity index (χ1) is 8.90. The summed E-state index contributed by atoms with van der Waals surface area (Å²) in [4.78, 5) is 0. The van der Waals surface area contributed by atoms with Crippen molar-refractivity contribution in [3.63, 3.8) is 0 Å². The Bertz CT molecular complexity index is 518. The number of nitrogens with zero attached hydrogens (tertiary/aromatic N) is 2. The van der Waals surface area contributed by atoms with E-state index in [9.17, 15) is 0 Å². The van der Waals surface area contributed by atoms with Crippen molar-refractivity contribution in [3.05, 3.63) is 36.2 Å². The van der Waals surface area contributed by atoms with Crippen LogP contribution in [0.2, 0.25) is 0 Å². The Kier molecular flexibility index (Phi) is 3.27. The Morgan fingerprint density at radius 1 is 1.50 bits per heavy atom. The predicted octanol–water partition coefficient (Wildman–Crippen LogP) is 1.27. The monoisotopic (exact) mass is 246 g/mol. The van der Waals surface area contributed by atoms with Gasteiger partial charge in [-0.3, -0.25) is 11.3 Å². The summed E-state index contributed by atoms with van der Waals surface area (Å²) in [6, 6.07) is 6.16. The van der Waals surface area contributed by atoms with Gasteiger partial charge in [-0.2, -0.15) is 5.10 Å². The van der Waals surface area contributed by atoms with Crippen molar-refractivity contribution in [2.45, 2.75) is 18.9 Å². The van der Waals surface area contributed by atoms with Crippen LogP contribution in [0.4, 0.5) is 0 Å². The zero-order valence-corrected chi connectivity index (χ0v) is 10.2. The van der Waals surface area contributed by atoms with Crippen molar-refractivity contribution in [1.82, 2.24) is 15.0 Å². The summed E-state index contributed by atoms with van der Waals surface area (Å²) >= 11 is 0. The van der Waals surface area contributed by atoms with E-state index in [1.54, 1.807) is 0 Å². The van der Waals surface area contributed by atoms with Crippen LogP contribution in [-0.2, 0) is 4.74 Å². The molecule has 96 valence electrons. The van der Waals surface area contributed by atoms with Crippen molar-refractivity contribution in [1.29, 1.82) is 0 Å². The fourth-order valence-corrected chi connectivity index (χ4v) is 2.70. The summed E-state index contributed by atoms with van der Waals surface area (Å²) in [6.45, 7) is 1.63. The van der Waals surface area contributed by atoms with Crippen molar-refractivity contribution in [3.8, 4) is 0 Å². The van der Waals surface area contributed by atoms with Gasteiger partial charge in [0.05, 0.1) is 24.4 Å². The number of hydrogen-bond donors (Lipinski definition) is 2. The van der Waals surface area contributed by atoms with Crippen LogP contribution in [0.3, 0.4) is 0 Å². The molecule has 3 heterocycles. The average Bonchev–Trinajstić information content (AvgIpc) is 2.85. The van der Waals surface area contributed by atoms with Gasteiger partial charge in [-0.1, -0.05) is 6.07 Å². The highest BCUT2D eigenvalue weighted by Crippen LogP contribution is 2.30. The number of nitrogens with one attached hydrogen (secondary N) is 1. The quantitative estimate of drug-likeness (QED) is 0.632. The molecule has 5 nitrogen and oxygen atoms in total. The average molecular weight is 246 g/mol. The standard InChI is InChI=1S/C13H18N4O/c14-16-13(10-4-3-7-18-9-10)11-8-15-17-6-2-1-5-12(11)17/h1-2,5-6,8,10,13,16H,3-4,7,9,14H2. The molecule has 3 N–H and O–H groups in total. The molecule has 5 heteroatoms. The number of ether oxygens (including phenoxy) is 1. The van der Waals surface area contributed by atoms with E-state index in [2.05, 4.69) is 16.6 Å². The van der Waals surface area contributed by atoms with E-state index in [1.807, 2.05) is 29.0 Å². The van der Waals surface area contributed by atoms with Gasteiger partial charge >= 0.3 is 0 Å². The van der Waals surface area contributed by atoms with E-state index < -0.39 is 0 Å². The van der Waals surface area contributed by atoms with Crippen LogP contribution in [0.15, 0.2) is 30.6 Å². The molecule has 2 atom stereocenters. The van der Waals surface area contributed by atoms with Crippen LogP contribution in [0.25, 0.3) is 5.52 Å². The molecule has 1 fully saturated rings. The lowest BCUT2D eigenvalue weighted by atomic mass is 9.90. The van der Waals surface area contributed by atoms with Crippen molar-refractivity contribution < 1.29 is 4.74 Å². The number of rotatable bonds is 3. The molecular formula is C13H18N4O. The highest BCUT2D eigenvalue weighted by molar-refractivity contribution is 5.55. The number of hydrazine groups is 1. The van der Waals surface area contributed by atoms with Crippen molar-refractivity contribution in [2.24, 2.45) is 11.8 Å². The van der Waals surface area contributed by atoms with Gasteiger partial charge in [0.15, 0.2) is 0 Å². The number of aromatic nitrogens is 2. The molecule has 0 bridgehead atoms. The minimum Gasteiger partial charge on any atom is -0.381 e. The molecule has 0 saturated carbocycles. The summed E-state index contributed by atoms with van der Waals surface area (Å²) in [5.74, 6) is 6.16. The lowest BCUT2D eigenvalue weighted by Crippen LogP contribution is -2.37. The van der Waals surface area contributed by atoms with E-state index in [0.29, 0.717) is 5.92 Å². The maximum atomic E-state index is 5.74. The fourth-order valence-electron chi connectivity index (χ4n) is 2.70. The zero-order chi connectivity index (χ0) is 12.4. The first-order valence-corrected chi connectivity index (χ1v) is 6.36. The number of fused-ring (bicyclic) bond motifs is 1. The third-order valence-electron chi connectivity index (χ3n) is 3.64. The van der Waals surface area contributed by atoms with Gasteiger partial charge in [0, 0.05) is 24.3 Å². The van der Waals surface area contributed by atoms with Gasteiger partial charge in [-0.25, -0.2) is 4.52 Å². The number of pyridine rings is 1. The topological polar surface area (TPSA) is 64.6 Å². The summed E-state index contributed by atoms with van der Waals surface area (Å²) < 4.78 is 7.43. The molecule has 18 heavy (non-hydrogen) atoms. The smallest absolute Gasteiger partial charge is 0.0710 e. The van der Waals surface area contributed by atoms with Gasteiger partial charge in [0.25, 0.3) is 0 Å². The number of nitrogens with two attached hydrogens (primary N) is 1. The lowest BCUT2D eigenvalue weighted by molar-refractivity contribution is 0.0392. The summed E-state index contributed by atoms with van der Waals surface area (Å²) in [7, 11) is 0. The van der Waals surface area contributed by atoms with Crippen LogP contribution in [-0.4, -0.2) is 22.8 Å². The first-order valence-electron chi connectivity index (χ1n) is 6.36.